The zero-order valence-electron chi connectivity index (χ0n) is 9.54. The topological polar surface area (TPSA) is 26.0 Å². The van der Waals surface area contributed by atoms with Gasteiger partial charge < -0.3 is 5.73 Å². The van der Waals surface area contributed by atoms with E-state index in [1.165, 1.54) is 12.1 Å². The Morgan fingerprint density at radius 2 is 1.94 bits per heavy atom. The van der Waals surface area contributed by atoms with Crippen LogP contribution < -0.4 is 5.73 Å². The van der Waals surface area contributed by atoms with Gasteiger partial charge >= 0.3 is 0 Å². The normalized spacial score (nSPS) is 12.4. The zero-order chi connectivity index (χ0) is 11.4. The van der Waals surface area contributed by atoms with Crippen LogP contribution in [0.25, 0.3) is 0 Å². The average molecular weight is 266 g/mol. The summed E-state index contributed by atoms with van der Waals surface area (Å²) in [5.41, 5.74) is 6.43. The van der Waals surface area contributed by atoms with Gasteiger partial charge in [0.2, 0.25) is 0 Å². The van der Waals surface area contributed by atoms with E-state index in [-0.39, 0.29) is 24.3 Å². The molecule has 0 saturated carbocycles. The summed E-state index contributed by atoms with van der Waals surface area (Å²) < 4.78 is 13.4. The third-order valence-corrected chi connectivity index (χ3v) is 2.65. The van der Waals surface area contributed by atoms with E-state index in [4.69, 9.17) is 17.3 Å². The number of nitrogens with two attached hydrogens (primary N) is 1. The number of benzene rings is 1. The van der Waals surface area contributed by atoms with Gasteiger partial charge in [0.05, 0.1) is 0 Å². The quantitative estimate of drug-likeness (QED) is 0.862. The summed E-state index contributed by atoms with van der Waals surface area (Å²) in [6.45, 7) is 4.25. The molecular weight excluding hydrogens is 248 g/mol. The summed E-state index contributed by atoms with van der Waals surface area (Å²) in [6.07, 6.45) is 1.78. The van der Waals surface area contributed by atoms with E-state index < -0.39 is 0 Å². The highest BCUT2D eigenvalue weighted by molar-refractivity contribution is 6.30. The minimum atomic E-state index is -0.268. The fourth-order valence-corrected chi connectivity index (χ4v) is 1.65. The van der Waals surface area contributed by atoms with Gasteiger partial charge in [-0.05, 0) is 37.0 Å². The zero-order valence-corrected chi connectivity index (χ0v) is 11.1. The summed E-state index contributed by atoms with van der Waals surface area (Å²) >= 11 is 5.80. The van der Waals surface area contributed by atoms with Gasteiger partial charge in [0.25, 0.3) is 0 Å². The Kier molecular flexibility index (Phi) is 6.96. The summed E-state index contributed by atoms with van der Waals surface area (Å²) in [5.74, 6) is 0.314. The maximum absolute atomic E-state index is 13.4. The minimum Gasteiger partial charge on any atom is -0.324 e. The second kappa shape index (κ2) is 7.10. The maximum atomic E-state index is 13.4. The van der Waals surface area contributed by atoms with E-state index in [1.807, 2.05) is 0 Å². The number of hydrogen-bond acceptors (Lipinski definition) is 1. The molecule has 0 aromatic heterocycles. The van der Waals surface area contributed by atoms with Gasteiger partial charge in [-0.15, -0.1) is 12.4 Å². The summed E-state index contributed by atoms with van der Waals surface area (Å²) in [7, 11) is 0. The monoisotopic (exact) mass is 265 g/mol. The molecule has 1 rings (SSSR count). The van der Waals surface area contributed by atoms with Crippen molar-refractivity contribution in [3.63, 3.8) is 0 Å². The van der Waals surface area contributed by atoms with Crippen molar-refractivity contribution in [3.05, 3.63) is 34.6 Å². The summed E-state index contributed by atoms with van der Waals surface area (Å²) in [6, 6.07) is 4.26. The number of rotatable bonds is 4. The molecule has 1 aromatic rings. The summed E-state index contributed by atoms with van der Waals surface area (Å²) in [5, 5.41) is 0.534. The highest BCUT2D eigenvalue weighted by Gasteiger charge is 2.12. The maximum Gasteiger partial charge on any atom is 0.128 e. The molecule has 4 heteroatoms. The van der Waals surface area contributed by atoms with Crippen LogP contribution in [0.15, 0.2) is 18.2 Å². The lowest BCUT2D eigenvalue weighted by Crippen LogP contribution is -2.13. The van der Waals surface area contributed by atoms with Gasteiger partial charge in [0.1, 0.15) is 5.82 Å². The molecule has 1 nitrogen and oxygen atoms in total. The molecule has 0 unspecified atom stereocenters. The van der Waals surface area contributed by atoms with E-state index in [2.05, 4.69) is 13.8 Å². The molecule has 0 radical (unpaired) electrons. The highest BCUT2D eigenvalue weighted by Crippen LogP contribution is 2.24. The molecule has 92 valence electrons. The molecular formula is C12H18Cl2FN. The Balaban J connectivity index is 0.00000225. The first-order valence-electron chi connectivity index (χ1n) is 5.21. The van der Waals surface area contributed by atoms with Gasteiger partial charge in [-0.2, -0.15) is 0 Å². The van der Waals surface area contributed by atoms with Crippen LogP contribution in [0.1, 0.15) is 38.3 Å². The molecule has 1 atom stereocenters. The fraction of sp³-hybridized carbons (Fsp3) is 0.500. The first kappa shape index (κ1) is 15.7. The van der Waals surface area contributed by atoms with E-state index >= 15 is 0 Å². The van der Waals surface area contributed by atoms with Crippen molar-refractivity contribution >= 4 is 24.0 Å². The van der Waals surface area contributed by atoms with E-state index in [0.29, 0.717) is 16.5 Å². The van der Waals surface area contributed by atoms with Crippen LogP contribution >= 0.6 is 24.0 Å². The molecule has 0 fully saturated rings. The Morgan fingerprint density at radius 1 is 1.31 bits per heavy atom. The SMILES string of the molecule is CC(C)CC[C@H](N)c1cc(Cl)ccc1F.Cl. The smallest absolute Gasteiger partial charge is 0.128 e. The molecule has 16 heavy (non-hydrogen) atoms. The molecule has 0 aliphatic carbocycles. The van der Waals surface area contributed by atoms with Crippen LogP contribution in [0.3, 0.4) is 0 Å². The highest BCUT2D eigenvalue weighted by atomic mass is 35.5. The molecule has 0 saturated heterocycles. The molecule has 2 N–H and O–H groups in total. The Bertz CT molecular complexity index is 329. The third kappa shape index (κ3) is 4.69. The molecule has 0 spiro atoms. The Morgan fingerprint density at radius 3 is 2.50 bits per heavy atom. The second-order valence-corrected chi connectivity index (χ2v) is 4.68. The second-order valence-electron chi connectivity index (χ2n) is 4.24. The van der Waals surface area contributed by atoms with Crippen molar-refractivity contribution in [2.75, 3.05) is 0 Å². The lowest BCUT2D eigenvalue weighted by Gasteiger charge is -2.14. The van der Waals surface area contributed by atoms with Crippen LogP contribution in [-0.4, -0.2) is 0 Å². The predicted molar refractivity (Wildman–Crippen MR) is 69.7 cm³/mol. The number of hydrogen-bond donors (Lipinski definition) is 1. The minimum absolute atomic E-state index is 0. The van der Waals surface area contributed by atoms with Gasteiger partial charge in [0.15, 0.2) is 0 Å². The Hall–Kier alpha value is -0.310. The number of halogens is 3. The first-order chi connectivity index (χ1) is 7.00. The van der Waals surface area contributed by atoms with Crippen LogP contribution in [0.2, 0.25) is 5.02 Å². The van der Waals surface area contributed by atoms with Gasteiger partial charge in [-0.1, -0.05) is 25.4 Å². The lowest BCUT2D eigenvalue weighted by atomic mass is 9.98. The van der Waals surface area contributed by atoms with Crippen molar-refractivity contribution in [2.45, 2.75) is 32.7 Å². The van der Waals surface area contributed by atoms with Gasteiger partial charge in [-0.3, -0.25) is 0 Å². The standard InChI is InChI=1S/C12H17ClFN.ClH/c1-8(2)3-6-12(15)10-7-9(13)4-5-11(10)14;/h4-5,7-8,12H,3,6,15H2,1-2H3;1H/t12-;/m0./s1. The molecule has 1 aromatic carbocycles. The van der Waals surface area contributed by atoms with Crippen molar-refractivity contribution in [3.8, 4) is 0 Å². The van der Waals surface area contributed by atoms with Crippen LogP contribution in [-0.2, 0) is 0 Å². The van der Waals surface area contributed by atoms with Crippen LogP contribution in [0, 0.1) is 11.7 Å². The molecule has 0 aliphatic rings. The van der Waals surface area contributed by atoms with Gasteiger partial charge in [0, 0.05) is 16.6 Å². The fourth-order valence-electron chi connectivity index (χ4n) is 1.47. The van der Waals surface area contributed by atoms with Crippen LogP contribution in [0.4, 0.5) is 4.39 Å². The summed E-state index contributed by atoms with van der Waals surface area (Å²) in [4.78, 5) is 0. The first-order valence-corrected chi connectivity index (χ1v) is 5.59. The largest absolute Gasteiger partial charge is 0.324 e. The molecule has 0 bridgehead atoms. The average Bonchev–Trinajstić information content (AvgIpc) is 2.18. The van der Waals surface area contributed by atoms with Crippen molar-refractivity contribution in [1.29, 1.82) is 0 Å². The van der Waals surface area contributed by atoms with Crippen LogP contribution in [0.5, 0.6) is 0 Å². The van der Waals surface area contributed by atoms with E-state index in [9.17, 15) is 4.39 Å². The van der Waals surface area contributed by atoms with Crippen molar-refractivity contribution in [1.82, 2.24) is 0 Å². The predicted octanol–water partition coefficient (Wildman–Crippen LogP) is 4.34. The van der Waals surface area contributed by atoms with Crippen molar-refractivity contribution < 1.29 is 4.39 Å². The van der Waals surface area contributed by atoms with Gasteiger partial charge in [-0.25, -0.2) is 4.39 Å². The molecule has 0 amide bonds. The van der Waals surface area contributed by atoms with E-state index in [0.717, 1.165) is 12.8 Å². The molecule has 0 aliphatic heterocycles. The third-order valence-electron chi connectivity index (χ3n) is 2.41. The van der Waals surface area contributed by atoms with E-state index in [1.54, 1.807) is 6.07 Å². The Labute approximate surface area is 108 Å². The molecule has 0 heterocycles. The van der Waals surface area contributed by atoms with Crippen molar-refractivity contribution in [2.24, 2.45) is 11.7 Å². The lowest BCUT2D eigenvalue weighted by molar-refractivity contribution is 0.491.